The van der Waals surface area contributed by atoms with Gasteiger partial charge in [0.25, 0.3) is 0 Å². The number of methoxy groups -OCH3 is 1. The van der Waals surface area contributed by atoms with E-state index < -0.39 is 11.7 Å². The molecule has 0 saturated carbocycles. The first-order valence-electron chi connectivity index (χ1n) is 8.17. The summed E-state index contributed by atoms with van der Waals surface area (Å²) in [6, 6.07) is 3.98. The summed E-state index contributed by atoms with van der Waals surface area (Å²) >= 11 is 0. The van der Waals surface area contributed by atoms with Crippen molar-refractivity contribution in [1.82, 2.24) is 10.2 Å². The van der Waals surface area contributed by atoms with Crippen LogP contribution >= 0.6 is 12.4 Å². The quantitative estimate of drug-likeness (QED) is 0.813. The summed E-state index contributed by atoms with van der Waals surface area (Å²) in [6.45, 7) is 5.74. The fourth-order valence-electron chi connectivity index (χ4n) is 3.09. The van der Waals surface area contributed by atoms with E-state index in [4.69, 9.17) is 4.74 Å². The minimum atomic E-state index is -4.35. The standard InChI is InChI=1S/C17H25F3N2O.ClH/c1-3-4-5-15(22-10-8-21-9-11-22)14-7-6-13(17(18,19)20)12-16(14)23-2;/h6-7,12,15,21H,3-5,8-11H2,1-2H3;1H/t15-;/m1./s1. The molecule has 1 aromatic rings. The van der Waals surface area contributed by atoms with Gasteiger partial charge in [-0.05, 0) is 18.6 Å². The predicted octanol–water partition coefficient (Wildman–Crippen LogP) is 4.27. The Hall–Kier alpha value is -0.980. The molecule has 138 valence electrons. The fourth-order valence-corrected chi connectivity index (χ4v) is 3.09. The van der Waals surface area contributed by atoms with Crippen molar-refractivity contribution < 1.29 is 17.9 Å². The fraction of sp³-hybridized carbons (Fsp3) is 0.647. The summed E-state index contributed by atoms with van der Waals surface area (Å²) in [5.41, 5.74) is 0.198. The molecule has 0 bridgehead atoms. The molecule has 0 aromatic heterocycles. The van der Waals surface area contributed by atoms with E-state index in [0.717, 1.165) is 57.1 Å². The Kier molecular flexibility index (Phi) is 8.33. The molecule has 0 spiro atoms. The van der Waals surface area contributed by atoms with Gasteiger partial charge in [-0.2, -0.15) is 13.2 Å². The van der Waals surface area contributed by atoms with Gasteiger partial charge in [0, 0.05) is 37.8 Å². The second-order valence-corrected chi connectivity index (χ2v) is 5.90. The van der Waals surface area contributed by atoms with Crippen molar-refractivity contribution in [2.24, 2.45) is 0 Å². The molecule has 0 amide bonds. The zero-order valence-electron chi connectivity index (χ0n) is 14.2. The maximum atomic E-state index is 12.9. The van der Waals surface area contributed by atoms with E-state index in [2.05, 4.69) is 17.1 Å². The number of rotatable bonds is 6. The Morgan fingerprint density at radius 1 is 1.25 bits per heavy atom. The molecule has 1 aliphatic heterocycles. The zero-order valence-corrected chi connectivity index (χ0v) is 15.0. The molecule has 1 aliphatic rings. The van der Waals surface area contributed by atoms with Crippen LogP contribution in [0.3, 0.4) is 0 Å². The topological polar surface area (TPSA) is 24.5 Å². The molecule has 0 unspecified atom stereocenters. The number of hydrogen-bond donors (Lipinski definition) is 1. The molecule has 0 aliphatic carbocycles. The molecule has 1 aromatic carbocycles. The third-order valence-electron chi connectivity index (χ3n) is 4.34. The summed E-state index contributed by atoms with van der Waals surface area (Å²) in [4.78, 5) is 2.34. The van der Waals surface area contributed by atoms with E-state index in [-0.39, 0.29) is 18.4 Å². The highest BCUT2D eigenvalue weighted by Gasteiger charge is 2.32. The zero-order chi connectivity index (χ0) is 16.9. The first kappa shape index (κ1) is 21.1. The molecule has 1 atom stereocenters. The number of halogens is 4. The van der Waals surface area contributed by atoms with Crippen LogP contribution in [0.4, 0.5) is 13.2 Å². The number of nitrogens with zero attached hydrogens (tertiary/aromatic N) is 1. The number of ether oxygens (including phenoxy) is 1. The van der Waals surface area contributed by atoms with Gasteiger partial charge in [0.05, 0.1) is 12.7 Å². The van der Waals surface area contributed by atoms with Gasteiger partial charge < -0.3 is 10.1 Å². The minimum Gasteiger partial charge on any atom is -0.496 e. The third-order valence-corrected chi connectivity index (χ3v) is 4.34. The minimum absolute atomic E-state index is 0. The number of piperazine rings is 1. The van der Waals surface area contributed by atoms with Gasteiger partial charge in [-0.15, -0.1) is 12.4 Å². The Balaban J connectivity index is 0.00000288. The second kappa shape index (κ2) is 9.49. The number of alkyl halides is 3. The summed E-state index contributed by atoms with van der Waals surface area (Å²) in [5, 5.41) is 3.31. The van der Waals surface area contributed by atoms with Crippen LogP contribution in [0, 0.1) is 0 Å². The molecule has 1 N–H and O–H groups in total. The van der Waals surface area contributed by atoms with E-state index in [1.54, 1.807) is 6.07 Å². The molecule has 1 heterocycles. The number of benzene rings is 1. The van der Waals surface area contributed by atoms with Crippen LogP contribution in [0.15, 0.2) is 18.2 Å². The SMILES string of the molecule is CCCC[C@H](c1ccc(C(F)(F)F)cc1OC)N1CCNCC1.Cl. The van der Waals surface area contributed by atoms with Gasteiger partial charge in [0.2, 0.25) is 0 Å². The van der Waals surface area contributed by atoms with Crippen LogP contribution in [0.5, 0.6) is 5.75 Å². The lowest BCUT2D eigenvalue weighted by molar-refractivity contribution is -0.137. The van der Waals surface area contributed by atoms with E-state index in [1.165, 1.54) is 13.2 Å². The van der Waals surface area contributed by atoms with Gasteiger partial charge in [-0.3, -0.25) is 4.90 Å². The van der Waals surface area contributed by atoms with Crippen molar-refractivity contribution in [3.05, 3.63) is 29.3 Å². The monoisotopic (exact) mass is 366 g/mol. The molecule has 24 heavy (non-hydrogen) atoms. The van der Waals surface area contributed by atoms with Crippen LogP contribution in [0.1, 0.15) is 43.4 Å². The molecule has 0 radical (unpaired) electrons. The lowest BCUT2D eigenvalue weighted by atomic mass is 9.96. The van der Waals surface area contributed by atoms with Gasteiger partial charge in [0.15, 0.2) is 0 Å². The van der Waals surface area contributed by atoms with E-state index in [0.29, 0.717) is 5.75 Å². The van der Waals surface area contributed by atoms with E-state index in [1.807, 2.05) is 0 Å². The van der Waals surface area contributed by atoms with Gasteiger partial charge in [-0.1, -0.05) is 25.8 Å². The van der Waals surface area contributed by atoms with E-state index in [9.17, 15) is 13.2 Å². The molecule has 1 fully saturated rings. The largest absolute Gasteiger partial charge is 0.496 e. The Morgan fingerprint density at radius 2 is 1.92 bits per heavy atom. The van der Waals surface area contributed by atoms with Gasteiger partial charge in [0.1, 0.15) is 5.75 Å². The second-order valence-electron chi connectivity index (χ2n) is 5.90. The highest BCUT2D eigenvalue weighted by molar-refractivity contribution is 5.85. The molecule has 1 saturated heterocycles. The van der Waals surface area contributed by atoms with Crippen LogP contribution in [-0.4, -0.2) is 38.2 Å². The predicted molar refractivity (Wildman–Crippen MR) is 92.0 cm³/mol. The number of nitrogens with one attached hydrogen (secondary N) is 1. The molecule has 3 nitrogen and oxygen atoms in total. The van der Waals surface area contributed by atoms with Crippen LogP contribution in [-0.2, 0) is 6.18 Å². The molecule has 7 heteroatoms. The van der Waals surface area contributed by atoms with E-state index >= 15 is 0 Å². The van der Waals surface area contributed by atoms with Crippen LogP contribution < -0.4 is 10.1 Å². The first-order valence-corrected chi connectivity index (χ1v) is 8.17. The van der Waals surface area contributed by atoms with Crippen LogP contribution in [0.2, 0.25) is 0 Å². The highest BCUT2D eigenvalue weighted by Crippen LogP contribution is 2.38. The number of hydrogen-bond acceptors (Lipinski definition) is 3. The number of unbranched alkanes of at least 4 members (excludes halogenated alkanes) is 1. The van der Waals surface area contributed by atoms with Crippen molar-refractivity contribution in [2.75, 3.05) is 33.3 Å². The lowest BCUT2D eigenvalue weighted by Crippen LogP contribution is -2.45. The molecular weight excluding hydrogens is 341 g/mol. The summed E-state index contributed by atoms with van der Waals surface area (Å²) in [6.07, 6.45) is -1.32. The first-order chi connectivity index (χ1) is 11.0. The summed E-state index contributed by atoms with van der Waals surface area (Å²) in [7, 11) is 1.44. The van der Waals surface area contributed by atoms with Crippen molar-refractivity contribution in [1.29, 1.82) is 0 Å². The normalized spacial score (nSPS) is 17.2. The lowest BCUT2D eigenvalue weighted by Gasteiger charge is -2.36. The average molecular weight is 367 g/mol. The van der Waals surface area contributed by atoms with Crippen molar-refractivity contribution >= 4 is 12.4 Å². The molecule has 2 rings (SSSR count). The van der Waals surface area contributed by atoms with Crippen molar-refractivity contribution in [3.8, 4) is 5.75 Å². The van der Waals surface area contributed by atoms with Crippen LogP contribution in [0.25, 0.3) is 0 Å². The summed E-state index contributed by atoms with van der Waals surface area (Å²) < 4.78 is 44.1. The maximum absolute atomic E-state index is 12.9. The highest BCUT2D eigenvalue weighted by atomic mass is 35.5. The molecular formula is C17H26ClF3N2O. The Bertz CT molecular complexity index is 505. The Morgan fingerprint density at radius 3 is 2.46 bits per heavy atom. The third kappa shape index (κ3) is 5.26. The summed E-state index contributed by atoms with van der Waals surface area (Å²) in [5.74, 6) is 0.333. The van der Waals surface area contributed by atoms with Gasteiger partial charge >= 0.3 is 6.18 Å². The maximum Gasteiger partial charge on any atom is 0.416 e. The Labute approximate surface area is 148 Å². The van der Waals surface area contributed by atoms with Crippen molar-refractivity contribution in [2.45, 2.75) is 38.4 Å². The average Bonchev–Trinajstić information content (AvgIpc) is 2.55. The van der Waals surface area contributed by atoms with Crippen molar-refractivity contribution in [3.63, 3.8) is 0 Å². The smallest absolute Gasteiger partial charge is 0.416 e. The van der Waals surface area contributed by atoms with Gasteiger partial charge in [-0.25, -0.2) is 0 Å².